The highest BCUT2D eigenvalue weighted by atomic mass is 15.0. The molecule has 0 aliphatic heterocycles. The van der Waals surface area contributed by atoms with E-state index in [2.05, 4.69) is 53.8 Å². The molecule has 86 valence electrons. The van der Waals surface area contributed by atoms with Gasteiger partial charge in [-0.25, -0.2) is 0 Å². The van der Waals surface area contributed by atoms with Gasteiger partial charge in [0.2, 0.25) is 0 Å². The fourth-order valence-corrected chi connectivity index (χ4v) is 1.57. The molecular formula is C12H28N2. The number of hydrogen-bond donors (Lipinski definition) is 2. The number of rotatable bonds is 5. The molecule has 0 fully saturated rings. The summed E-state index contributed by atoms with van der Waals surface area (Å²) in [5.74, 6) is 0.731. The van der Waals surface area contributed by atoms with Gasteiger partial charge >= 0.3 is 0 Å². The fraction of sp³-hybridized carbons (Fsp3) is 1.00. The molecule has 2 nitrogen and oxygen atoms in total. The Morgan fingerprint density at radius 2 is 1.50 bits per heavy atom. The zero-order chi connectivity index (χ0) is 11.6. The van der Waals surface area contributed by atoms with Crippen molar-refractivity contribution in [2.24, 2.45) is 11.7 Å². The van der Waals surface area contributed by atoms with Gasteiger partial charge in [0.1, 0.15) is 0 Å². The zero-order valence-electron chi connectivity index (χ0n) is 10.9. The van der Waals surface area contributed by atoms with E-state index in [4.69, 9.17) is 5.73 Å². The van der Waals surface area contributed by atoms with Crippen LogP contribution < -0.4 is 11.1 Å². The molecule has 0 aliphatic carbocycles. The molecule has 1 unspecified atom stereocenters. The van der Waals surface area contributed by atoms with Gasteiger partial charge in [-0.2, -0.15) is 0 Å². The lowest BCUT2D eigenvalue weighted by molar-refractivity contribution is 0.211. The summed E-state index contributed by atoms with van der Waals surface area (Å²) in [5, 5.41) is 3.60. The van der Waals surface area contributed by atoms with Crippen LogP contribution in [0.3, 0.4) is 0 Å². The standard InChI is InChI=1S/C12H28N2/c1-9(2)8-10(3)14-12(6,7)11(4,5)13/h9-10,14H,8,13H2,1-7H3. The van der Waals surface area contributed by atoms with Gasteiger partial charge in [-0.15, -0.1) is 0 Å². The first-order valence-corrected chi connectivity index (χ1v) is 5.63. The van der Waals surface area contributed by atoms with Gasteiger partial charge in [0.05, 0.1) is 0 Å². The maximum absolute atomic E-state index is 6.13. The van der Waals surface area contributed by atoms with Crippen LogP contribution in [-0.2, 0) is 0 Å². The molecule has 0 aromatic rings. The Labute approximate surface area is 89.6 Å². The SMILES string of the molecule is CC(C)CC(C)NC(C)(C)C(C)(C)N. The predicted molar refractivity (Wildman–Crippen MR) is 64.4 cm³/mol. The van der Waals surface area contributed by atoms with Crippen LogP contribution >= 0.6 is 0 Å². The van der Waals surface area contributed by atoms with E-state index in [9.17, 15) is 0 Å². The minimum Gasteiger partial charge on any atom is -0.324 e. The topological polar surface area (TPSA) is 38.0 Å². The van der Waals surface area contributed by atoms with Gasteiger partial charge in [-0.05, 0) is 47.0 Å². The lowest BCUT2D eigenvalue weighted by atomic mass is 9.82. The van der Waals surface area contributed by atoms with E-state index in [0.29, 0.717) is 6.04 Å². The van der Waals surface area contributed by atoms with Crippen molar-refractivity contribution in [3.63, 3.8) is 0 Å². The largest absolute Gasteiger partial charge is 0.324 e. The van der Waals surface area contributed by atoms with Crippen LogP contribution in [0.25, 0.3) is 0 Å². The summed E-state index contributed by atoms with van der Waals surface area (Å²) in [7, 11) is 0. The lowest BCUT2D eigenvalue weighted by Gasteiger charge is -2.42. The van der Waals surface area contributed by atoms with Crippen LogP contribution in [0.5, 0.6) is 0 Å². The average molecular weight is 200 g/mol. The molecule has 0 saturated heterocycles. The summed E-state index contributed by atoms with van der Waals surface area (Å²) >= 11 is 0. The molecule has 0 aliphatic rings. The highest BCUT2D eigenvalue weighted by Crippen LogP contribution is 2.20. The minimum absolute atomic E-state index is 0.0265. The first-order valence-electron chi connectivity index (χ1n) is 5.63. The van der Waals surface area contributed by atoms with Crippen molar-refractivity contribution in [1.82, 2.24) is 5.32 Å². The van der Waals surface area contributed by atoms with Crippen LogP contribution in [-0.4, -0.2) is 17.1 Å². The Balaban J connectivity index is 4.22. The Morgan fingerprint density at radius 1 is 1.07 bits per heavy atom. The monoisotopic (exact) mass is 200 g/mol. The number of nitrogens with one attached hydrogen (secondary N) is 1. The zero-order valence-corrected chi connectivity index (χ0v) is 10.9. The second-order valence-corrected chi connectivity index (χ2v) is 6.02. The Morgan fingerprint density at radius 3 is 1.79 bits per heavy atom. The molecule has 3 N–H and O–H groups in total. The van der Waals surface area contributed by atoms with Crippen LogP contribution in [0.1, 0.15) is 54.9 Å². The third-order valence-electron chi connectivity index (χ3n) is 3.04. The second kappa shape index (κ2) is 4.63. The van der Waals surface area contributed by atoms with E-state index in [1.807, 2.05) is 0 Å². The van der Waals surface area contributed by atoms with Crippen molar-refractivity contribution in [1.29, 1.82) is 0 Å². The van der Waals surface area contributed by atoms with Gasteiger partial charge in [0.25, 0.3) is 0 Å². The van der Waals surface area contributed by atoms with E-state index >= 15 is 0 Å². The fourth-order valence-electron chi connectivity index (χ4n) is 1.57. The number of hydrogen-bond acceptors (Lipinski definition) is 2. The van der Waals surface area contributed by atoms with Crippen molar-refractivity contribution in [3.8, 4) is 0 Å². The van der Waals surface area contributed by atoms with Gasteiger partial charge in [-0.1, -0.05) is 13.8 Å². The summed E-state index contributed by atoms with van der Waals surface area (Å²) in [5.41, 5.74) is 5.91. The summed E-state index contributed by atoms with van der Waals surface area (Å²) in [6.07, 6.45) is 1.19. The van der Waals surface area contributed by atoms with Crippen LogP contribution in [0.4, 0.5) is 0 Å². The van der Waals surface area contributed by atoms with Crippen LogP contribution in [0.15, 0.2) is 0 Å². The maximum Gasteiger partial charge on any atom is 0.0301 e. The summed E-state index contributed by atoms with van der Waals surface area (Å²) in [6, 6.07) is 0.521. The van der Waals surface area contributed by atoms with E-state index < -0.39 is 0 Å². The van der Waals surface area contributed by atoms with Gasteiger partial charge in [0.15, 0.2) is 0 Å². The second-order valence-electron chi connectivity index (χ2n) is 6.02. The number of nitrogens with two attached hydrogens (primary N) is 1. The Bertz CT molecular complexity index is 166. The highest BCUT2D eigenvalue weighted by Gasteiger charge is 2.34. The van der Waals surface area contributed by atoms with E-state index in [1.165, 1.54) is 6.42 Å². The molecule has 0 saturated carbocycles. The summed E-state index contributed by atoms with van der Waals surface area (Å²) in [6.45, 7) is 15.2. The predicted octanol–water partition coefficient (Wildman–Crippen LogP) is 2.53. The summed E-state index contributed by atoms with van der Waals surface area (Å²) < 4.78 is 0. The molecule has 14 heavy (non-hydrogen) atoms. The highest BCUT2D eigenvalue weighted by molar-refractivity contribution is 4.98. The Kier molecular flexibility index (Phi) is 4.60. The molecule has 0 aromatic carbocycles. The minimum atomic E-state index is -0.196. The van der Waals surface area contributed by atoms with Crippen molar-refractivity contribution in [2.45, 2.75) is 72.0 Å². The average Bonchev–Trinajstić information content (AvgIpc) is 1.79. The quantitative estimate of drug-likeness (QED) is 0.715. The van der Waals surface area contributed by atoms with E-state index in [1.54, 1.807) is 0 Å². The maximum atomic E-state index is 6.13. The van der Waals surface area contributed by atoms with Crippen molar-refractivity contribution in [3.05, 3.63) is 0 Å². The first-order chi connectivity index (χ1) is 6.06. The smallest absolute Gasteiger partial charge is 0.0301 e. The lowest BCUT2D eigenvalue weighted by Crippen LogP contribution is -2.62. The van der Waals surface area contributed by atoms with Crippen molar-refractivity contribution >= 4 is 0 Å². The third-order valence-corrected chi connectivity index (χ3v) is 3.04. The molecular weight excluding hydrogens is 172 g/mol. The molecule has 0 amide bonds. The van der Waals surface area contributed by atoms with Gasteiger partial charge in [0, 0.05) is 17.1 Å². The van der Waals surface area contributed by atoms with Crippen molar-refractivity contribution in [2.75, 3.05) is 0 Å². The molecule has 1 atom stereocenters. The van der Waals surface area contributed by atoms with Gasteiger partial charge in [-0.3, -0.25) is 0 Å². The van der Waals surface area contributed by atoms with Gasteiger partial charge < -0.3 is 11.1 Å². The Hall–Kier alpha value is -0.0800. The molecule has 0 bridgehead atoms. The normalized spacial score (nSPS) is 16.1. The third kappa shape index (κ3) is 4.43. The van der Waals surface area contributed by atoms with Crippen molar-refractivity contribution < 1.29 is 0 Å². The molecule has 0 heterocycles. The molecule has 2 heteroatoms. The molecule has 0 radical (unpaired) electrons. The van der Waals surface area contributed by atoms with Crippen LogP contribution in [0.2, 0.25) is 0 Å². The van der Waals surface area contributed by atoms with E-state index in [0.717, 1.165) is 5.92 Å². The first kappa shape index (κ1) is 13.9. The molecule has 0 aromatic heterocycles. The molecule has 0 spiro atoms. The molecule has 0 rings (SSSR count). The van der Waals surface area contributed by atoms with E-state index in [-0.39, 0.29) is 11.1 Å². The summed E-state index contributed by atoms with van der Waals surface area (Å²) in [4.78, 5) is 0. The van der Waals surface area contributed by atoms with Crippen LogP contribution in [0, 0.1) is 5.92 Å².